The molecule has 0 saturated heterocycles. The van der Waals surface area contributed by atoms with Gasteiger partial charge in [-0.2, -0.15) is 0 Å². The van der Waals surface area contributed by atoms with Crippen LogP contribution in [0.25, 0.3) is 44.2 Å². The summed E-state index contributed by atoms with van der Waals surface area (Å²) in [6, 6.07) is 59.6. The topological polar surface area (TPSA) is 3.24 Å². The highest BCUT2D eigenvalue weighted by atomic mass is 15.1. The Morgan fingerprint density at radius 3 is 1.61 bits per heavy atom. The molecule has 7 aromatic carbocycles. The highest BCUT2D eigenvalue weighted by Crippen LogP contribution is 2.50. The summed E-state index contributed by atoms with van der Waals surface area (Å²) in [5.74, 6) is 0. The second-order valence-corrected chi connectivity index (χ2v) is 12.3. The lowest BCUT2D eigenvalue weighted by Gasteiger charge is -2.28. The molecule has 0 atom stereocenters. The predicted octanol–water partition coefficient (Wildman–Crippen LogP) is 11.9. The number of fused-ring (bicyclic) bond motifs is 4. The van der Waals surface area contributed by atoms with Gasteiger partial charge in [0.05, 0.1) is 0 Å². The van der Waals surface area contributed by atoms with Gasteiger partial charge >= 0.3 is 0 Å². The average molecular weight is 564 g/mol. The summed E-state index contributed by atoms with van der Waals surface area (Å²) in [6.07, 6.45) is 0. The van der Waals surface area contributed by atoms with Crippen LogP contribution in [0.3, 0.4) is 0 Å². The molecule has 0 unspecified atom stereocenters. The van der Waals surface area contributed by atoms with E-state index in [9.17, 15) is 0 Å². The van der Waals surface area contributed by atoms with Gasteiger partial charge in [-0.3, -0.25) is 0 Å². The van der Waals surface area contributed by atoms with Crippen LogP contribution in [0.15, 0.2) is 164 Å². The molecule has 0 aromatic heterocycles. The van der Waals surface area contributed by atoms with E-state index in [1.807, 2.05) is 0 Å². The molecule has 1 heteroatoms. The molecule has 0 N–H and O–H groups in total. The van der Waals surface area contributed by atoms with Crippen LogP contribution in [-0.4, -0.2) is 0 Å². The summed E-state index contributed by atoms with van der Waals surface area (Å²) < 4.78 is 0. The molecule has 0 saturated carbocycles. The average Bonchev–Trinajstić information content (AvgIpc) is 3.31. The minimum Gasteiger partial charge on any atom is -0.310 e. The van der Waals surface area contributed by atoms with Gasteiger partial charge in [-0.15, -0.1) is 0 Å². The van der Waals surface area contributed by atoms with Gasteiger partial charge in [0.1, 0.15) is 0 Å². The van der Waals surface area contributed by atoms with Crippen molar-refractivity contribution < 1.29 is 0 Å². The molecule has 0 bridgehead atoms. The van der Waals surface area contributed by atoms with E-state index in [1.54, 1.807) is 0 Å². The van der Waals surface area contributed by atoms with E-state index >= 15 is 0 Å². The maximum absolute atomic E-state index is 2.40. The normalized spacial score (nSPS) is 13.0. The molecule has 0 amide bonds. The molecule has 0 aliphatic heterocycles. The minimum atomic E-state index is -0.0648. The molecule has 210 valence electrons. The summed E-state index contributed by atoms with van der Waals surface area (Å²) in [5.41, 5.74) is 13.7. The van der Waals surface area contributed by atoms with Crippen LogP contribution in [0.1, 0.15) is 25.0 Å². The molecule has 7 aromatic rings. The Kier molecular flexibility index (Phi) is 6.20. The summed E-state index contributed by atoms with van der Waals surface area (Å²) in [4.78, 5) is 2.39. The number of hydrogen-bond acceptors (Lipinski definition) is 1. The van der Waals surface area contributed by atoms with Crippen molar-refractivity contribution in [3.05, 3.63) is 175 Å². The molecule has 1 aliphatic carbocycles. The third-order valence-corrected chi connectivity index (χ3v) is 9.27. The maximum atomic E-state index is 2.40. The zero-order valence-corrected chi connectivity index (χ0v) is 25.0. The van der Waals surface area contributed by atoms with Crippen LogP contribution >= 0.6 is 0 Å². The molecule has 1 aliphatic rings. The first-order valence-electron chi connectivity index (χ1n) is 15.4. The molecule has 0 heterocycles. The van der Waals surface area contributed by atoms with Crippen LogP contribution < -0.4 is 4.90 Å². The van der Waals surface area contributed by atoms with Crippen LogP contribution in [0, 0.1) is 0 Å². The smallest absolute Gasteiger partial charge is 0.0465 e. The van der Waals surface area contributed by atoms with Gasteiger partial charge in [-0.1, -0.05) is 135 Å². The first-order valence-corrected chi connectivity index (χ1v) is 15.4. The molecule has 8 rings (SSSR count). The number of benzene rings is 7. The summed E-state index contributed by atoms with van der Waals surface area (Å²) in [7, 11) is 0. The summed E-state index contributed by atoms with van der Waals surface area (Å²) in [6.45, 7) is 4.69. The van der Waals surface area contributed by atoms with Crippen molar-refractivity contribution in [1.29, 1.82) is 0 Å². The third kappa shape index (κ3) is 4.41. The lowest BCUT2D eigenvalue weighted by Crippen LogP contribution is -2.16. The molecular weight excluding hydrogens is 530 g/mol. The second-order valence-electron chi connectivity index (χ2n) is 12.3. The van der Waals surface area contributed by atoms with Gasteiger partial charge in [0.2, 0.25) is 0 Å². The summed E-state index contributed by atoms with van der Waals surface area (Å²) in [5, 5.41) is 2.52. The largest absolute Gasteiger partial charge is 0.310 e. The van der Waals surface area contributed by atoms with Crippen molar-refractivity contribution >= 4 is 27.8 Å². The van der Waals surface area contributed by atoms with Crippen LogP contribution in [0.4, 0.5) is 17.1 Å². The second kappa shape index (κ2) is 10.4. The zero-order chi connectivity index (χ0) is 29.7. The van der Waals surface area contributed by atoms with Crippen molar-refractivity contribution in [3.63, 3.8) is 0 Å². The quantitative estimate of drug-likeness (QED) is 0.201. The molecule has 0 radical (unpaired) electrons. The fourth-order valence-corrected chi connectivity index (χ4v) is 6.88. The van der Waals surface area contributed by atoms with Gasteiger partial charge in [0.25, 0.3) is 0 Å². The Labute approximate surface area is 259 Å². The fourth-order valence-electron chi connectivity index (χ4n) is 6.88. The summed E-state index contributed by atoms with van der Waals surface area (Å²) >= 11 is 0. The van der Waals surface area contributed by atoms with Gasteiger partial charge in [0, 0.05) is 22.5 Å². The highest BCUT2D eigenvalue weighted by molar-refractivity contribution is 5.89. The van der Waals surface area contributed by atoms with E-state index in [1.165, 1.54) is 55.3 Å². The Hall–Kier alpha value is -5.40. The first-order chi connectivity index (χ1) is 21.6. The SMILES string of the molecule is CC1(C)c2ccccc2-c2ccc(N(c3ccc(-c4ccccc4)cc3)c3ccc(-c4ccc5ccccc5c4)cc3)cc21. The molecule has 0 spiro atoms. The molecule has 44 heavy (non-hydrogen) atoms. The zero-order valence-electron chi connectivity index (χ0n) is 25.0. The minimum absolute atomic E-state index is 0.0648. The molecule has 1 nitrogen and oxygen atoms in total. The van der Waals surface area contributed by atoms with Gasteiger partial charge < -0.3 is 4.90 Å². The molecular formula is C43H33N. The van der Waals surface area contributed by atoms with E-state index in [4.69, 9.17) is 0 Å². The van der Waals surface area contributed by atoms with E-state index in [0.29, 0.717) is 0 Å². The van der Waals surface area contributed by atoms with E-state index in [0.717, 1.165) is 17.1 Å². The van der Waals surface area contributed by atoms with Crippen molar-refractivity contribution in [2.45, 2.75) is 19.3 Å². The van der Waals surface area contributed by atoms with Gasteiger partial charge in [-0.05, 0) is 97.7 Å². The third-order valence-electron chi connectivity index (χ3n) is 9.27. The van der Waals surface area contributed by atoms with E-state index in [2.05, 4.69) is 183 Å². The Morgan fingerprint density at radius 1 is 0.364 bits per heavy atom. The first kappa shape index (κ1) is 26.2. The number of nitrogens with zero attached hydrogens (tertiary/aromatic N) is 1. The monoisotopic (exact) mass is 563 g/mol. The van der Waals surface area contributed by atoms with E-state index < -0.39 is 0 Å². The molecule has 0 fully saturated rings. The maximum Gasteiger partial charge on any atom is 0.0465 e. The number of anilines is 3. The Bertz CT molecular complexity index is 2120. The number of hydrogen-bond donors (Lipinski definition) is 0. The van der Waals surface area contributed by atoms with Crippen LogP contribution in [-0.2, 0) is 5.41 Å². The van der Waals surface area contributed by atoms with Crippen molar-refractivity contribution in [2.75, 3.05) is 4.90 Å². The van der Waals surface area contributed by atoms with Gasteiger partial charge in [0.15, 0.2) is 0 Å². The standard InChI is InChI=1S/C43H33N/c1-43(2)41-15-9-8-14-39(41)40-27-26-38(29-42(40)43)44(36-22-18-32(19-23-36)30-10-4-3-5-11-30)37-24-20-33(21-25-37)35-17-16-31-12-6-7-13-34(31)28-35/h3-29H,1-2H3. The van der Waals surface area contributed by atoms with Crippen LogP contribution in [0.2, 0.25) is 0 Å². The van der Waals surface area contributed by atoms with Gasteiger partial charge in [-0.25, -0.2) is 0 Å². The van der Waals surface area contributed by atoms with Crippen molar-refractivity contribution in [1.82, 2.24) is 0 Å². The Morgan fingerprint density at radius 2 is 0.886 bits per heavy atom. The highest BCUT2D eigenvalue weighted by Gasteiger charge is 2.35. The van der Waals surface area contributed by atoms with Crippen molar-refractivity contribution in [3.8, 4) is 33.4 Å². The number of rotatable bonds is 5. The predicted molar refractivity (Wildman–Crippen MR) is 187 cm³/mol. The van der Waals surface area contributed by atoms with E-state index in [-0.39, 0.29) is 5.41 Å². The lowest BCUT2D eigenvalue weighted by atomic mass is 9.82. The van der Waals surface area contributed by atoms with Crippen LogP contribution in [0.5, 0.6) is 0 Å². The fraction of sp³-hybridized carbons (Fsp3) is 0.0698. The lowest BCUT2D eigenvalue weighted by molar-refractivity contribution is 0.660. The van der Waals surface area contributed by atoms with Crippen molar-refractivity contribution in [2.24, 2.45) is 0 Å². The Balaban J connectivity index is 1.22.